The topological polar surface area (TPSA) is 38.1 Å². The van der Waals surface area contributed by atoms with Gasteiger partial charge >= 0.3 is 6.18 Å². The normalized spacial score (nSPS) is 12.6. The molecule has 0 saturated heterocycles. The highest BCUT2D eigenvalue weighted by atomic mass is 19.4. The van der Waals surface area contributed by atoms with Crippen molar-refractivity contribution in [1.82, 2.24) is 5.16 Å². The quantitative estimate of drug-likeness (QED) is 0.799. The molecule has 0 aliphatic carbocycles. The van der Waals surface area contributed by atoms with Gasteiger partial charge < -0.3 is 9.84 Å². The summed E-state index contributed by atoms with van der Waals surface area (Å²) < 4.78 is 40.7. The Balaban J connectivity index is 0.00000154. The highest BCUT2D eigenvalue weighted by Gasteiger charge is 2.27. The molecule has 1 aromatic heterocycles. The van der Waals surface area contributed by atoms with Crippen LogP contribution in [0.25, 0.3) is 0 Å². The minimum Gasteiger partial charge on any atom is -0.345 e. The number of nitrogens with zero attached hydrogens (tertiary/aromatic N) is 1. The highest BCUT2D eigenvalue weighted by molar-refractivity contribution is 5.32. The fourth-order valence-electron chi connectivity index (χ4n) is 1.66. The largest absolute Gasteiger partial charge is 0.405 e. The van der Waals surface area contributed by atoms with Gasteiger partial charge in [-0.25, -0.2) is 0 Å². The molecule has 1 rings (SSSR count). The van der Waals surface area contributed by atoms with Crippen molar-refractivity contribution < 1.29 is 17.7 Å². The van der Waals surface area contributed by atoms with Crippen LogP contribution < -0.4 is 5.32 Å². The molecule has 0 radical (unpaired) electrons. The first-order valence-electron chi connectivity index (χ1n) is 6.73. The number of rotatable bonds is 6. The molecule has 0 aromatic carbocycles. The number of nitrogens with one attached hydrogen (secondary N) is 1. The van der Waals surface area contributed by atoms with Crippen LogP contribution in [0.1, 0.15) is 58.6 Å². The van der Waals surface area contributed by atoms with Crippen LogP contribution in [0.2, 0.25) is 0 Å². The van der Waals surface area contributed by atoms with Crippen LogP contribution in [0.5, 0.6) is 0 Å². The van der Waals surface area contributed by atoms with Gasteiger partial charge in [-0.1, -0.05) is 39.3 Å². The predicted octanol–water partition coefficient (Wildman–Crippen LogP) is 4.97. The van der Waals surface area contributed by atoms with E-state index in [2.05, 4.69) is 17.4 Å². The van der Waals surface area contributed by atoms with Gasteiger partial charge in [-0.3, -0.25) is 0 Å². The maximum Gasteiger partial charge on any atom is 0.405 e. The first-order valence-corrected chi connectivity index (χ1v) is 6.73. The molecule has 3 nitrogen and oxygen atoms in total. The summed E-state index contributed by atoms with van der Waals surface area (Å²) in [6.45, 7) is 6.98. The monoisotopic (exact) mass is 280 g/mol. The summed E-state index contributed by atoms with van der Waals surface area (Å²) in [5.74, 6) is 0.331. The van der Waals surface area contributed by atoms with Crippen LogP contribution in [0.15, 0.2) is 10.6 Å². The van der Waals surface area contributed by atoms with Crippen LogP contribution in [-0.2, 0) is 0 Å². The summed E-state index contributed by atoms with van der Waals surface area (Å²) in [6, 6.07) is 1.55. The Labute approximate surface area is 112 Å². The van der Waals surface area contributed by atoms with Crippen LogP contribution in [0.3, 0.4) is 0 Å². The van der Waals surface area contributed by atoms with Crippen LogP contribution in [0, 0.1) is 0 Å². The third-order valence-corrected chi connectivity index (χ3v) is 2.54. The molecular weight excluding hydrogens is 257 g/mol. The first kappa shape index (κ1) is 17.8. The third-order valence-electron chi connectivity index (χ3n) is 2.54. The van der Waals surface area contributed by atoms with Crippen molar-refractivity contribution in [2.24, 2.45) is 0 Å². The smallest absolute Gasteiger partial charge is 0.345 e. The van der Waals surface area contributed by atoms with E-state index in [0.29, 0.717) is 0 Å². The van der Waals surface area contributed by atoms with Crippen molar-refractivity contribution in [1.29, 1.82) is 0 Å². The van der Waals surface area contributed by atoms with E-state index in [1.165, 1.54) is 0 Å². The Morgan fingerprint density at radius 2 is 1.95 bits per heavy atom. The molecule has 0 bridgehead atoms. The van der Waals surface area contributed by atoms with E-state index in [4.69, 9.17) is 4.52 Å². The third kappa shape index (κ3) is 7.08. The SMILES string of the molecule is CC.CCCC(CC)c1cc(NCC(F)(F)F)on1. The van der Waals surface area contributed by atoms with Crippen molar-refractivity contribution >= 4 is 5.88 Å². The van der Waals surface area contributed by atoms with E-state index in [1.54, 1.807) is 6.07 Å². The van der Waals surface area contributed by atoms with E-state index in [0.717, 1.165) is 25.0 Å². The van der Waals surface area contributed by atoms with Crippen molar-refractivity contribution in [3.8, 4) is 0 Å². The summed E-state index contributed by atoms with van der Waals surface area (Å²) in [4.78, 5) is 0. The molecule has 0 fully saturated rings. The van der Waals surface area contributed by atoms with Gasteiger partial charge in [0.1, 0.15) is 6.54 Å². The second-order valence-electron chi connectivity index (χ2n) is 3.98. The van der Waals surface area contributed by atoms with Crippen molar-refractivity contribution in [2.75, 3.05) is 11.9 Å². The fraction of sp³-hybridized carbons (Fsp3) is 0.769. The number of aromatic nitrogens is 1. The molecule has 1 heterocycles. The van der Waals surface area contributed by atoms with E-state index in [9.17, 15) is 13.2 Å². The van der Waals surface area contributed by atoms with E-state index in [1.807, 2.05) is 20.8 Å². The Morgan fingerprint density at radius 1 is 1.32 bits per heavy atom. The van der Waals surface area contributed by atoms with Gasteiger partial charge in [-0.15, -0.1) is 0 Å². The molecule has 1 aromatic rings. The minimum atomic E-state index is -4.25. The average molecular weight is 280 g/mol. The lowest BCUT2D eigenvalue weighted by Crippen LogP contribution is -2.20. The summed E-state index contributed by atoms with van der Waals surface area (Å²) in [5, 5.41) is 5.97. The highest BCUT2D eigenvalue weighted by Crippen LogP contribution is 2.26. The Morgan fingerprint density at radius 3 is 2.42 bits per heavy atom. The maximum atomic E-state index is 12.0. The molecule has 1 unspecified atom stereocenters. The molecule has 6 heteroatoms. The fourth-order valence-corrected chi connectivity index (χ4v) is 1.66. The van der Waals surface area contributed by atoms with Crippen LogP contribution >= 0.6 is 0 Å². The van der Waals surface area contributed by atoms with Gasteiger partial charge in [-0.05, 0) is 12.8 Å². The molecule has 112 valence electrons. The summed E-state index contributed by atoms with van der Waals surface area (Å²) >= 11 is 0. The standard InChI is InChI=1S/C11H17F3N2O.C2H6/c1-3-5-8(4-2)9-6-10(17-16-9)15-7-11(12,13)14;1-2/h6,8,15H,3-5,7H2,1-2H3;1-2H3. The van der Waals surface area contributed by atoms with Gasteiger partial charge in [-0.2, -0.15) is 13.2 Å². The molecule has 0 amide bonds. The Hall–Kier alpha value is -1.20. The average Bonchev–Trinajstić information content (AvgIpc) is 2.84. The molecule has 19 heavy (non-hydrogen) atoms. The van der Waals surface area contributed by atoms with E-state index in [-0.39, 0.29) is 11.8 Å². The zero-order valence-corrected chi connectivity index (χ0v) is 12.0. The lowest BCUT2D eigenvalue weighted by atomic mass is 9.97. The van der Waals surface area contributed by atoms with Gasteiger partial charge in [0, 0.05) is 12.0 Å². The Bertz CT molecular complexity index is 337. The molecule has 0 saturated carbocycles. The predicted molar refractivity (Wildman–Crippen MR) is 70.3 cm³/mol. The van der Waals surface area contributed by atoms with Gasteiger partial charge in [0.25, 0.3) is 0 Å². The summed E-state index contributed by atoms with van der Waals surface area (Å²) in [7, 11) is 0. The number of alkyl halides is 3. The first-order chi connectivity index (χ1) is 8.96. The zero-order valence-electron chi connectivity index (χ0n) is 12.0. The van der Waals surface area contributed by atoms with Crippen molar-refractivity contribution in [2.45, 2.75) is 59.1 Å². The zero-order chi connectivity index (χ0) is 14.9. The van der Waals surface area contributed by atoms with E-state index >= 15 is 0 Å². The Kier molecular flexibility index (Phi) is 8.27. The molecule has 0 aliphatic rings. The number of hydrogen-bond acceptors (Lipinski definition) is 3. The lowest BCUT2D eigenvalue weighted by molar-refractivity contribution is -0.115. The van der Waals surface area contributed by atoms with Gasteiger partial charge in [0.2, 0.25) is 5.88 Å². The number of halogens is 3. The van der Waals surface area contributed by atoms with Gasteiger partial charge in [0.05, 0.1) is 5.69 Å². The second-order valence-corrected chi connectivity index (χ2v) is 3.98. The van der Waals surface area contributed by atoms with Crippen LogP contribution in [-0.4, -0.2) is 17.9 Å². The summed E-state index contributed by atoms with van der Waals surface area (Å²) in [6.07, 6.45) is -1.38. The molecule has 0 spiro atoms. The van der Waals surface area contributed by atoms with Crippen LogP contribution in [0.4, 0.5) is 19.1 Å². The minimum absolute atomic E-state index is 0.0758. The second kappa shape index (κ2) is 8.82. The maximum absolute atomic E-state index is 12.0. The van der Waals surface area contributed by atoms with Crippen molar-refractivity contribution in [3.63, 3.8) is 0 Å². The molecule has 1 N–H and O–H groups in total. The number of anilines is 1. The molecule has 1 atom stereocenters. The summed E-state index contributed by atoms with van der Waals surface area (Å²) in [5.41, 5.74) is 0.721. The molecular formula is C13H23F3N2O. The van der Waals surface area contributed by atoms with E-state index < -0.39 is 12.7 Å². The number of hydrogen-bond donors (Lipinski definition) is 1. The van der Waals surface area contributed by atoms with Crippen molar-refractivity contribution in [3.05, 3.63) is 11.8 Å². The van der Waals surface area contributed by atoms with Gasteiger partial charge in [0.15, 0.2) is 0 Å². The molecule has 0 aliphatic heterocycles. The lowest BCUT2D eigenvalue weighted by Gasteiger charge is -2.08.